The summed E-state index contributed by atoms with van der Waals surface area (Å²) in [6.45, 7) is 0. The van der Waals surface area contributed by atoms with Crippen LogP contribution < -0.4 is 4.74 Å². The number of aromatic hydroxyl groups is 1. The van der Waals surface area contributed by atoms with Crippen molar-refractivity contribution in [2.45, 2.75) is 0 Å². The predicted octanol–water partition coefficient (Wildman–Crippen LogP) is 6.16. The van der Waals surface area contributed by atoms with Crippen molar-refractivity contribution in [3.63, 3.8) is 0 Å². The van der Waals surface area contributed by atoms with Crippen molar-refractivity contribution in [3.05, 3.63) is 109 Å². The first kappa shape index (κ1) is 23.1. The van der Waals surface area contributed by atoms with Crippen LogP contribution in [0.15, 0.2) is 103 Å². The second-order valence-electron chi connectivity index (χ2n) is 6.75. The first-order valence-electron chi connectivity index (χ1n) is 9.85. The topological polar surface area (TPSA) is 55.2 Å². The molecule has 161 valence electrons. The smallest absolute Gasteiger partial charge is 0.124 e. The summed E-state index contributed by atoms with van der Waals surface area (Å²) in [5.41, 5.74) is 3.45. The molecule has 5 heteroatoms. The van der Waals surface area contributed by atoms with Gasteiger partial charge in [0.25, 0.3) is 0 Å². The van der Waals surface area contributed by atoms with Gasteiger partial charge in [-0.1, -0.05) is 48.5 Å². The third-order valence-corrected chi connectivity index (χ3v) is 4.78. The average Bonchev–Trinajstić information content (AvgIpc) is 2.85. The number of phenols is 1. The van der Waals surface area contributed by atoms with E-state index in [4.69, 9.17) is 4.74 Å². The van der Waals surface area contributed by atoms with Crippen molar-refractivity contribution in [1.82, 2.24) is 9.97 Å². The molecule has 0 bridgehead atoms. The molecule has 4 nitrogen and oxygen atoms in total. The molecule has 1 radical (unpaired) electrons. The molecule has 0 aliphatic carbocycles. The Bertz CT molecular complexity index is 1290. The Hall–Kier alpha value is -3.53. The summed E-state index contributed by atoms with van der Waals surface area (Å²) in [5, 5.41) is 12.1. The van der Waals surface area contributed by atoms with E-state index < -0.39 is 0 Å². The van der Waals surface area contributed by atoms with Crippen LogP contribution in [0.4, 0.5) is 0 Å². The van der Waals surface area contributed by atoms with Gasteiger partial charge in [0.05, 0.1) is 12.8 Å². The zero-order chi connectivity index (χ0) is 21.5. The fourth-order valence-electron chi connectivity index (χ4n) is 3.25. The first-order valence-corrected chi connectivity index (χ1v) is 9.85. The molecule has 5 rings (SSSR count). The molecule has 0 saturated heterocycles. The van der Waals surface area contributed by atoms with Gasteiger partial charge in [-0.05, 0) is 35.3 Å². The van der Waals surface area contributed by atoms with Crippen molar-refractivity contribution in [2.24, 2.45) is 0 Å². The molecule has 0 unspecified atom stereocenters. The molecule has 0 aliphatic heterocycles. The number of phenolic OH excluding ortho intramolecular Hbond substituents is 1. The van der Waals surface area contributed by atoms with Crippen molar-refractivity contribution in [3.8, 4) is 34.0 Å². The number of nitrogens with zero attached hydrogens (tertiary/aromatic N) is 2. The van der Waals surface area contributed by atoms with Crippen LogP contribution in [0.25, 0.3) is 33.3 Å². The maximum Gasteiger partial charge on any atom is 0.124 e. The van der Waals surface area contributed by atoms with Crippen molar-refractivity contribution in [2.75, 3.05) is 7.11 Å². The van der Waals surface area contributed by atoms with Gasteiger partial charge in [-0.15, -0.1) is 29.8 Å². The van der Waals surface area contributed by atoms with Gasteiger partial charge in [0.15, 0.2) is 0 Å². The summed E-state index contributed by atoms with van der Waals surface area (Å²) >= 11 is 0. The van der Waals surface area contributed by atoms with E-state index in [1.165, 1.54) is 0 Å². The van der Waals surface area contributed by atoms with Crippen LogP contribution in [-0.4, -0.2) is 22.2 Å². The quantitative estimate of drug-likeness (QED) is 0.253. The van der Waals surface area contributed by atoms with E-state index in [1.54, 1.807) is 25.6 Å². The number of rotatable bonds is 3. The normalized spacial score (nSPS) is 9.91. The molecule has 2 aromatic heterocycles. The predicted molar refractivity (Wildman–Crippen MR) is 124 cm³/mol. The van der Waals surface area contributed by atoms with E-state index in [1.807, 2.05) is 84.9 Å². The van der Waals surface area contributed by atoms with Gasteiger partial charge in [-0.3, -0.25) is 4.98 Å². The van der Waals surface area contributed by atoms with Gasteiger partial charge in [0.2, 0.25) is 0 Å². The van der Waals surface area contributed by atoms with Crippen LogP contribution in [0.2, 0.25) is 0 Å². The summed E-state index contributed by atoms with van der Waals surface area (Å²) < 4.78 is 5.13. The van der Waals surface area contributed by atoms with E-state index in [0.717, 1.165) is 39.0 Å². The van der Waals surface area contributed by atoms with E-state index in [2.05, 4.69) is 16.0 Å². The molecule has 0 amide bonds. The van der Waals surface area contributed by atoms with Gasteiger partial charge in [0.1, 0.15) is 5.75 Å². The average molecular weight is 598 g/mol. The van der Waals surface area contributed by atoms with Gasteiger partial charge in [0, 0.05) is 49.2 Å². The largest absolute Gasteiger partial charge is 0.516 e. The molecular weight excluding hydrogens is 577 g/mol. The Morgan fingerprint density at radius 2 is 1.59 bits per heavy atom. The molecule has 0 aliphatic rings. The van der Waals surface area contributed by atoms with Crippen LogP contribution in [0.5, 0.6) is 11.5 Å². The molecule has 0 atom stereocenters. The molecule has 5 aromatic rings. The van der Waals surface area contributed by atoms with Crippen LogP contribution in [0, 0.1) is 6.07 Å². The molecular formula is C27H21IrN2O2-. The Morgan fingerprint density at radius 1 is 0.812 bits per heavy atom. The minimum absolute atomic E-state index is 0. The van der Waals surface area contributed by atoms with Gasteiger partial charge >= 0.3 is 0 Å². The summed E-state index contributed by atoms with van der Waals surface area (Å²) in [5.74, 6) is 1.08. The standard InChI is InChI=1S/C15H11NO.C12H10NO.Ir/c17-14-8-4-3-7-13(14)15-12-6-2-1-5-11(12)9-10-16-15;1-14-11-6-4-5-10(9-11)12-7-2-3-8-13-12;/h1-10,17H;2-4,6-9H,1H3;/q;-1;. The number of hydrogen-bond donors (Lipinski definition) is 1. The third-order valence-electron chi connectivity index (χ3n) is 4.78. The Kier molecular flexibility index (Phi) is 8.09. The fourth-order valence-corrected chi connectivity index (χ4v) is 3.25. The fraction of sp³-hybridized carbons (Fsp3) is 0.0370. The summed E-state index contributed by atoms with van der Waals surface area (Å²) in [7, 11) is 1.65. The Balaban J connectivity index is 0.000000178. The molecule has 3 aromatic carbocycles. The van der Waals surface area contributed by atoms with E-state index in [-0.39, 0.29) is 25.9 Å². The second kappa shape index (κ2) is 11.2. The Labute approximate surface area is 200 Å². The van der Waals surface area contributed by atoms with E-state index in [9.17, 15) is 5.11 Å². The van der Waals surface area contributed by atoms with Crippen LogP contribution in [-0.2, 0) is 20.1 Å². The SMILES string of the molecule is COc1cc[c-]c(-c2ccccn2)c1.Oc1ccccc1-c1nccc2ccccc12.[Ir]. The number of benzene rings is 3. The van der Waals surface area contributed by atoms with Crippen LogP contribution >= 0.6 is 0 Å². The summed E-state index contributed by atoms with van der Waals surface area (Å²) in [6.07, 6.45) is 3.53. The number of pyridine rings is 2. The van der Waals surface area contributed by atoms with Gasteiger partial charge < -0.3 is 14.8 Å². The van der Waals surface area contributed by atoms with Crippen LogP contribution in [0.3, 0.4) is 0 Å². The second-order valence-corrected chi connectivity index (χ2v) is 6.75. The monoisotopic (exact) mass is 598 g/mol. The van der Waals surface area contributed by atoms with E-state index >= 15 is 0 Å². The molecule has 0 spiro atoms. The zero-order valence-corrected chi connectivity index (χ0v) is 19.8. The van der Waals surface area contributed by atoms with Crippen molar-refractivity contribution >= 4 is 10.8 Å². The number of methoxy groups -OCH3 is 1. The molecule has 32 heavy (non-hydrogen) atoms. The molecule has 1 N–H and O–H groups in total. The summed E-state index contributed by atoms with van der Waals surface area (Å²) in [6, 6.07) is 31.8. The van der Waals surface area contributed by atoms with Gasteiger partial charge in [-0.2, -0.15) is 0 Å². The number of fused-ring (bicyclic) bond motifs is 1. The van der Waals surface area contributed by atoms with Crippen LogP contribution in [0.1, 0.15) is 0 Å². The van der Waals surface area contributed by atoms with Gasteiger partial charge in [-0.25, -0.2) is 0 Å². The maximum absolute atomic E-state index is 9.88. The minimum Gasteiger partial charge on any atom is -0.516 e. The third kappa shape index (κ3) is 5.38. The molecule has 2 heterocycles. The number of para-hydroxylation sites is 1. The summed E-state index contributed by atoms with van der Waals surface area (Å²) in [4.78, 5) is 8.62. The van der Waals surface area contributed by atoms with Crippen molar-refractivity contribution < 1.29 is 29.9 Å². The zero-order valence-electron chi connectivity index (χ0n) is 17.4. The molecule has 0 fully saturated rings. The first-order chi connectivity index (χ1) is 15.3. The maximum atomic E-state index is 9.88. The van der Waals surface area contributed by atoms with E-state index in [0.29, 0.717) is 0 Å². The van der Waals surface area contributed by atoms with Crippen molar-refractivity contribution in [1.29, 1.82) is 0 Å². The number of hydrogen-bond acceptors (Lipinski definition) is 4. The minimum atomic E-state index is 0. The molecule has 0 saturated carbocycles. The number of ether oxygens (including phenoxy) is 1. The Morgan fingerprint density at radius 3 is 2.38 bits per heavy atom. The number of aromatic nitrogens is 2.